The van der Waals surface area contributed by atoms with Gasteiger partial charge in [-0.1, -0.05) is 0 Å². The molecule has 0 fully saturated rings. The van der Waals surface area contributed by atoms with Gasteiger partial charge in [0, 0.05) is 7.05 Å². The van der Waals surface area contributed by atoms with Crippen LogP contribution in [-0.4, -0.2) is 45.8 Å². The van der Waals surface area contributed by atoms with Gasteiger partial charge < -0.3 is 20.1 Å². The quantitative estimate of drug-likeness (QED) is 0.342. The monoisotopic (exact) mass is 458 g/mol. The van der Waals surface area contributed by atoms with Gasteiger partial charge >= 0.3 is 6.09 Å². The van der Waals surface area contributed by atoms with E-state index in [9.17, 15) is 4.79 Å². The lowest BCUT2D eigenvalue weighted by atomic mass is 10.2. The van der Waals surface area contributed by atoms with Gasteiger partial charge in [0.25, 0.3) is 0 Å². The molecule has 0 bridgehead atoms. The lowest BCUT2D eigenvalue weighted by molar-refractivity contribution is 0.0589. The fraction of sp³-hybridized carbons (Fsp3) is 0.409. The van der Waals surface area contributed by atoms with Crippen molar-refractivity contribution >= 4 is 34.9 Å². The molecule has 2 aromatic rings. The molecule has 32 heavy (non-hydrogen) atoms. The van der Waals surface area contributed by atoms with Gasteiger partial charge in [0.05, 0.1) is 36.4 Å². The third kappa shape index (κ3) is 8.10. The van der Waals surface area contributed by atoms with Gasteiger partial charge in [-0.25, -0.2) is 9.78 Å². The number of carbonyl (C=O) groups is 1. The van der Waals surface area contributed by atoms with E-state index < -0.39 is 11.7 Å². The van der Waals surface area contributed by atoms with Gasteiger partial charge in [0.15, 0.2) is 10.9 Å². The lowest BCUT2D eigenvalue weighted by Gasteiger charge is -2.24. The number of rotatable bonds is 6. The first-order valence-corrected chi connectivity index (χ1v) is 10.5. The predicted molar refractivity (Wildman–Crippen MR) is 128 cm³/mol. The number of pyridine rings is 2. The maximum absolute atomic E-state index is 12.2. The fourth-order valence-corrected chi connectivity index (χ4v) is 2.59. The molecule has 9 nitrogen and oxygen atoms in total. The molecule has 0 aliphatic carbocycles. The molecular weight excluding hydrogens is 428 g/mol. The van der Waals surface area contributed by atoms with Crippen LogP contribution in [0.5, 0.6) is 5.75 Å². The second-order valence-corrected chi connectivity index (χ2v) is 8.68. The molecular formula is C22H30N6O3S. The Morgan fingerprint density at radius 2 is 1.91 bits per heavy atom. The average molecular weight is 459 g/mol. The molecule has 0 aliphatic rings. The number of nitrogens with zero attached hydrogens (tertiary/aromatic N) is 3. The molecule has 0 saturated carbocycles. The molecule has 0 radical (unpaired) electrons. The highest BCUT2D eigenvalue weighted by Gasteiger charge is 2.20. The van der Waals surface area contributed by atoms with Crippen LogP contribution in [0, 0.1) is 5.41 Å². The highest BCUT2D eigenvalue weighted by molar-refractivity contribution is 7.80. The maximum atomic E-state index is 12.2. The third-order valence-corrected chi connectivity index (χ3v) is 4.14. The van der Waals surface area contributed by atoms with Crippen molar-refractivity contribution in [3.63, 3.8) is 0 Å². The van der Waals surface area contributed by atoms with Crippen molar-refractivity contribution < 1.29 is 14.3 Å². The van der Waals surface area contributed by atoms with Crippen LogP contribution >= 0.6 is 12.2 Å². The van der Waals surface area contributed by atoms with Gasteiger partial charge in [-0.2, -0.15) is 0 Å². The summed E-state index contributed by atoms with van der Waals surface area (Å²) in [5.74, 6) is 0.713. The van der Waals surface area contributed by atoms with Crippen LogP contribution < -0.4 is 20.3 Å². The summed E-state index contributed by atoms with van der Waals surface area (Å²) < 4.78 is 10.9. The van der Waals surface area contributed by atoms with Gasteiger partial charge in [-0.05, 0) is 71.1 Å². The highest BCUT2D eigenvalue weighted by Crippen LogP contribution is 2.16. The standard InChI is InChI=1S/C22H30N6O3S/c1-14(2)30-17-9-10-18(25-13-17)19(23)27-20(32)26-11-15-7-8-16(12-24-15)28(6)21(29)31-22(3,4)5/h7-10,12-14H,11H2,1-6H3,(H3,23,26,27,32). The number of hydrogen-bond donors (Lipinski definition) is 3. The van der Waals surface area contributed by atoms with Crippen LogP contribution in [-0.2, 0) is 11.3 Å². The summed E-state index contributed by atoms with van der Waals surface area (Å²) in [7, 11) is 1.63. The van der Waals surface area contributed by atoms with E-state index in [1.165, 1.54) is 4.90 Å². The zero-order chi connectivity index (χ0) is 23.9. The van der Waals surface area contributed by atoms with E-state index in [0.29, 0.717) is 23.7 Å². The molecule has 0 unspecified atom stereocenters. The number of amides is 1. The van der Waals surface area contributed by atoms with Crippen LogP contribution in [0.2, 0.25) is 0 Å². The van der Waals surface area contributed by atoms with Crippen LogP contribution in [0.4, 0.5) is 10.5 Å². The molecule has 0 spiro atoms. The third-order valence-electron chi connectivity index (χ3n) is 3.90. The normalized spacial score (nSPS) is 11.0. The zero-order valence-electron chi connectivity index (χ0n) is 19.2. The van der Waals surface area contributed by atoms with E-state index in [1.807, 2.05) is 34.6 Å². The Labute approximate surface area is 194 Å². The number of ether oxygens (including phenoxy) is 2. The lowest BCUT2D eigenvalue weighted by Crippen LogP contribution is -2.39. The van der Waals surface area contributed by atoms with Crippen molar-refractivity contribution in [1.82, 2.24) is 20.6 Å². The Balaban J connectivity index is 1.85. The minimum absolute atomic E-state index is 0.0531. The van der Waals surface area contributed by atoms with Crippen LogP contribution in [0.3, 0.4) is 0 Å². The number of hydrogen-bond acceptors (Lipinski definition) is 7. The molecule has 2 heterocycles. The molecule has 172 valence electrons. The molecule has 2 aromatic heterocycles. The van der Waals surface area contributed by atoms with Crippen LogP contribution in [0.15, 0.2) is 36.7 Å². The summed E-state index contributed by atoms with van der Waals surface area (Å²) in [5.41, 5.74) is 1.20. The minimum atomic E-state index is -0.571. The van der Waals surface area contributed by atoms with Crippen molar-refractivity contribution in [2.24, 2.45) is 0 Å². The Bertz CT molecular complexity index is 940. The molecule has 1 amide bonds. The Morgan fingerprint density at radius 1 is 1.19 bits per heavy atom. The Kier molecular flexibility index (Phi) is 8.48. The number of amidine groups is 1. The van der Waals surface area contributed by atoms with E-state index in [4.69, 9.17) is 27.1 Å². The fourth-order valence-electron chi connectivity index (χ4n) is 2.42. The van der Waals surface area contributed by atoms with Gasteiger partial charge in [-0.15, -0.1) is 0 Å². The van der Waals surface area contributed by atoms with E-state index in [0.717, 1.165) is 5.69 Å². The number of anilines is 1. The zero-order valence-corrected chi connectivity index (χ0v) is 20.0. The highest BCUT2D eigenvalue weighted by atomic mass is 32.1. The maximum Gasteiger partial charge on any atom is 0.414 e. The summed E-state index contributed by atoms with van der Waals surface area (Å²) in [6.45, 7) is 9.66. The van der Waals surface area contributed by atoms with Crippen molar-refractivity contribution in [1.29, 1.82) is 5.41 Å². The van der Waals surface area contributed by atoms with E-state index >= 15 is 0 Å². The summed E-state index contributed by atoms with van der Waals surface area (Å²) in [5, 5.41) is 14.2. The summed E-state index contributed by atoms with van der Waals surface area (Å²) in [6, 6.07) is 7.01. The second-order valence-electron chi connectivity index (χ2n) is 8.28. The molecule has 10 heteroatoms. The predicted octanol–water partition coefficient (Wildman–Crippen LogP) is 3.62. The van der Waals surface area contributed by atoms with Crippen LogP contribution in [0.1, 0.15) is 46.0 Å². The molecule has 2 rings (SSSR count). The smallest absolute Gasteiger partial charge is 0.414 e. The number of carbonyl (C=O) groups excluding carboxylic acids is 1. The van der Waals surface area contributed by atoms with Crippen molar-refractivity contribution in [3.8, 4) is 5.75 Å². The molecule has 0 aliphatic heterocycles. The second kappa shape index (κ2) is 10.9. The first kappa shape index (κ1) is 25.0. The van der Waals surface area contributed by atoms with Crippen LogP contribution in [0.25, 0.3) is 0 Å². The van der Waals surface area contributed by atoms with Crippen molar-refractivity contribution in [2.75, 3.05) is 11.9 Å². The minimum Gasteiger partial charge on any atom is -0.489 e. The van der Waals surface area contributed by atoms with E-state index in [2.05, 4.69) is 20.6 Å². The Morgan fingerprint density at radius 3 is 2.44 bits per heavy atom. The molecule has 3 N–H and O–H groups in total. The molecule has 0 saturated heterocycles. The first-order valence-electron chi connectivity index (χ1n) is 10.1. The SMILES string of the molecule is CC(C)Oc1ccc(C(=N)NC(=S)NCc2ccc(N(C)C(=O)OC(C)(C)C)cn2)nc1. The molecule has 0 aromatic carbocycles. The Hall–Kier alpha value is -3.27. The first-order chi connectivity index (χ1) is 14.9. The van der Waals surface area contributed by atoms with E-state index in [-0.39, 0.29) is 17.1 Å². The number of aromatic nitrogens is 2. The topological polar surface area (TPSA) is 112 Å². The summed E-state index contributed by atoms with van der Waals surface area (Å²) in [4.78, 5) is 22.1. The van der Waals surface area contributed by atoms with Crippen molar-refractivity contribution in [2.45, 2.75) is 52.9 Å². The average Bonchev–Trinajstić information content (AvgIpc) is 2.71. The van der Waals surface area contributed by atoms with E-state index in [1.54, 1.807) is 43.7 Å². The van der Waals surface area contributed by atoms with Gasteiger partial charge in [0.2, 0.25) is 0 Å². The number of nitrogens with one attached hydrogen (secondary N) is 3. The van der Waals surface area contributed by atoms with Crippen molar-refractivity contribution in [3.05, 3.63) is 48.0 Å². The summed E-state index contributed by atoms with van der Waals surface area (Å²) >= 11 is 5.25. The number of thiocarbonyl (C=S) groups is 1. The largest absolute Gasteiger partial charge is 0.489 e. The summed E-state index contributed by atoms with van der Waals surface area (Å²) in [6.07, 6.45) is 2.76. The van der Waals surface area contributed by atoms with Gasteiger partial charge in [0.1, 0.15) is 17.0 Å². The van der Waals surface area contributed by atoms with Gasteiger partial charge in [-0.3, -0.25) is 15.3 Å². The molecule has 0 atom stereocenters.